The van der Waals surface area contributed by atoms with Crippen LogP contribution in [0.3, 0.4) is 0 Å². The van der Waals surface area contributed by atoms with E-state index in [1.807, 2.05) is 0 Å². The molecule has 1 N–H and O–H groups in total. The van der Waals surface area contributed by atoms with Crippen LogP contribution in [0.25, 0.3) is 0 Å². The van der Waals surface area contributed by atoms with Crippen molar-refractivity contribution in [2.24, 2.45) is 0 Å². The van der Waals surface area contributed by atoms with Gasteiger partial charge in [-0.3, -0.25) is 14.4 Å². The standard InChI is InChI=1S/C12H17O8/c1-6(14)18-10-5-17-9(4-13)11(19-7(2)15)12(10)20-8(3)16/h5,9-13H,4H2,1-3H3/t9-,10+,11-,12-/m1/s1. The molecule has 0 aromatic heterocycles. The first-order valence-corrected chi connectivity index (χ1v) is 5.96. The van der Waals surface area contributed by atoms with E-state index in [0.29, 0.717) is 0 Å². The normalized spacial score (nSPS) is 29.4. The first kappa shape index (κ1) is 16.4. The number of ether oxygens (including phenoxy) is 4. The second-order valence-corrected chi connectivity index (χ2v) is 4.22. The van der Waals surface area contributed by atoms with Crippen LogP contribution in [0.5, 0.6) is 0 Å². The lowest BCUT2D eigenvalue weighted by Crippen LogP contribution is -2.56. The SMILES string of the molecule is CC(=O)O[C@H]1[C@H](OC(C)=O)[C@@H](CO)O[CH][C@@H]1OC(C)=O. The van der Waals surface area contributed by atoms with Crippen molar-refractivity contribution in [2.75, 3.05) is 6.61 Å². The van der Waals surface area contributed by atoms with Crippen molar-refractivity contribution in [3.63, 3.8) is 0 Å². The van der Waals surface area contributed by atoms with Crippen LogP contribution >= 0.6 is 0 Å². The van der Waals surface area contributed by atoms with Crippen molar-refractivity contribution in [3.8, 4) is 0 Å². The van der Waals surface area contributed by atoms with Crippen molar-refractivity contribution >= 4 is 17.9 Å². The molecular formula is C12H17O8. The maximum atomic E-state index is 11.1. The van der Waals surface area contributed by atoms with Crippen molar-refractivity contribution in [2.45, 2.75) is 45.2 Å². The summed E-state index contributed by atoms with van der Waals surface area (Å²) in [7, 11) is 0. The molecule has 0 aromatic rings. The zero-order valence-corrected chi connectivity index (χ0v) is 11.4. The third-order valence-electron chi connectivity index (χ3n) is 2.49. The fourth-order valence-corrected chi connectivity index (χ4v) is 1.83. The fraction of sp³-hybridized carbons (Fsp3) is 0.667. The van der Waals surface area contributed by atoms with Crippen molar-refractivity contribution in [3.05, 3.63) is 6.61 Å². The van der Waals surface area contributed by atoms with E-state index in [1.54, 1.807) is 0 Å². The predicted octanol–water partition coefficient (Wildman–Crippen LogP) is -0.666. The molecule has 1 radical (unpaired) electrons. The van der Waals surface area contributed by atoms with Crippen LogP contribution in [0.4, 0.5) is 0 Å². The molecule has 0 spiro atoms. The van der Waals surface area contributed by atoms with E-state index in [-0.39, 0.29) is 0 Å². The lowest BCUT2D eigenvalue weighted by molar-refractivity contribution is -0.216. The Morgan fingerprint density at radius 1 is 1.00 bits per heavy atom. The minimum atomic E-state index is -1.08. The van der Waals surface area contributed by atoms with Crippen LogP contribution in [0.1, 0.15) is 20.8 Å². The van der Waals surface area contributed by atoms with E-state index in [9.17, 15) is 19.5 Å². The zero-order valence-electron chi connectivity index (χ0n) is 11.4. The quantitative estimate of drug-likeness (QED) is 0.536. The van der Waals surface area contributed by atoms with Gasteiger partial charge in [-0.15, -0.1) is 0 Å². The average Bonchev–Trinajstić information content (AvgIpc) is 2.31. The van der Waals surface area contributed by atoms with Gasteiger partial charge in [0.1, 0.15) is 12.7 Å². The van der Waals surface area contributed by atoms with Crippen LogP contribution in [0, 0.1) is 6.61 Å². The molecule has 0 aromatic carbocycles. The Kier molecular flexibility index (Phi) is 5.90. The van der Waals surface area contributed by atoms with E-state index in [0.717, 1.165) is 6.61 Å². The topological polar surface area (TPSA) is 108 Å². The summed E-state index contributed by atoms with van der Waals surface area (Å²) in [5.41, 5.74) is 0. The molecule has 1 heterocycles. The van der Waals surface area contributed by atoms with Gasteiger partial charge in [0.05, 0.1) is 6.61 Å². The van der Waals surface area contributed by atoms with Crippen LogP contribution in [-0.2, 0) is 33.3 Å². The molecule has 8 heteroatoms. The number of esters is 3. The summed E-state index contributed by atoms with van der Waals surface area (Å²) in [6.45, 7) is 4.18. The first-order chi connectivity index (χ1) is 9.35. The Morgan fingerprint density at radius 2 is 1.50 bits per heavy atom. The van der Waals surface area contributed by atoms with Crippen LogP contribution in [-0.4, -0.2) is 54.0 Å². The molecule has 20 heavy (non-hydrogen) atoms. The highest BCUT2D eigenvalue weighted by atomic mass is 16.6. The van der Waals surface area contributed by atoms with Gasteiger partial charge in [0.2, 0.25) is 0 Å². The molecule has 1 aliphatic heterocycles. The maximum Gasteiger partial charge on any atom is 0.303 e. The fourth-order valence-electron chi connectivity index (χ4n) is 1.83. The molecule has 1 aliphatic rings. The highest BCUT2D eigenvalue weighted by Gasteiger charge is 2.46. The van der Waals surface area contributed by atoms with E-state index in [1.165, 1.54) is 20.8 Å². The van der Waals surface area contributed by atoms with Gasteiger partial charge in [-0.05, 0) is 0 Å². The molecule has 0 bridgehead atoms. The molecule has 0 saturated carbocycles. The lowest BCUT2D eigenvalue weighted by atomic mass is 9.99. The summed E-state index contributed by atoms with van der Waals surface area (Å²) >= 11 is 0. The zero-order chi connectivity index (χ0) is 15.3. The van der Waals surface area contributed by atoms with Crippen LogP contribution in [0.15, 0.2) is 0 Å². The van der Waals surface area contributed by atoms with Gasteiger partial charge >= 0.3 is 17.9 Å². The monoisotopic (exact) mass is 289 g/mol. The van der Waals surface area contributed by atoms with Gasteiger partial charge < -0.3 is 24.1 Å². The number of carbonyl (C=O) groups excluding carboxylic acids is 3. The number of aliphatic hydroxyl groups excluding tert-OH is 1. The smallest absolute Gasteiger partial charge is 0.303 e. The molecular weight excluding hydrogens is 272 g/mol. The van der Waals surface area contributed by atoms with E-state index >= 15 is 0 Å². The van der Waals surface area contributed by atoms with Crippen molar-refractivity contribution in [1.29, 1.82) is 0 Å². The molecule has 0 aliphatic carbocycles. The Labute approximate surface area is 115 Å². The Balaban J connectivity index is 2.95. The van der Waals surface area contributed by atoms with Gasteiger partial charge in [-0.2, -0.15) is 0 Å². The lowest BCUT2D eigenvalue weighted by Gasteiger charge is -2.39. The third kappa shape index (κ3) is 4.46. The van der Waals surface area contributed by atoms with Crippen molar-refractivity contribution < 1.29 is 38.4 Å². The third-order valence-corrected chi connectivity index (χ3v) is 2.49. The van der Waals surface area contributed by atoms with Crippen molar-refractivity contribution in [1.82, 2.24) is 0 Å². The number of hydrogen-bond acceptors (Lipinski definition) is 8. The summed E-state index contributed by atoms with van der Waals surface area (Å²) in [6.07, 6.45) is -4.08. The summed E-state index contributed by atoms with van der Waals surface area (Å²) < 4.78 is 20.1. The Bertz CT molecular complexity index is 380. The average molecular weight is 289 g/mol. The predicted molar refractivity (Wildman–Crippen MR) is 62.9 cm³/mol. The number of aliphatic hydroxyl groups is 1. The molecule has 4 atom stereocenters. The van der Waals surface area contributed by atoms with Crippen LogP contribution < -0.4 is 0 Å². The van der Waals surface area contributed by atoms with Gasteiger partial charge in [0.15, 0.2) is 18.3 Å². The Morgan fingerprint density at radius 3 is 1.95 bits per heavy atom. The molecule has 0 unspecified atom stereocenters. The highest BCUT2D eigenvalue weighted by Crippen LogP contribution is 2.26. The number of hydrogen-bond donors (Lipinski definition) is 1. The second-order valence-electron chi connectivity index (χ2n) is 4.22. The van der Waals surface area contributed by atoms with Crippen LogP contribution in [0.2, 0.25) is 0 Å². The van der Waals surface area contributed by atoms with Gasteiger partial charge in [-0.25, -0.2) is 0 Å². The molecule has 1 rings (SSSR count). The second kappa shape index (κ2) is 7.20. The molecule has 1 saturated heterocycles. The first-order valence-electron chi connectivity index (χ1n) is 5.96. The van der Waals surface area contributed by atoms with E-state index < -0.39 is 48.9 Å². The highest BCUT2D eigenvalue weighted by molar-refractivity contribution is 5.68. The molecule has 113 valence electrons. The minimum absolute atomic E-state index is 0.459. The van der Waals surface area contributed by atoms with E-state index in [4.69, 9.17) is 18.9 Å². The number of carbonyl (C=O) groups is 3. The summed E-state index contributed by atoms with van der Waals surface area (Å²) in [4.78, 5) is 33.3. The maximum absolute atomic E-state index is 11.1. The van der Waals surface area contributed by atoms with E-state index in [2.05, 4.69) is 0 Å². The number of rotatable bonds is 4. The van der Waals surface area contributed by atoms with Gasteiger partial charge in [-0.1, -0.05) is 0 Å². The Hall–Kier alpha value is -1.67. The minimum Gasteiger partial charge on any atom is -0.456 e. The summed E-state index contributed by atoms with van der Waals surface area (Å²) in [5, 5.41) is 9.21. The molecule has 8 nitrogen and oxygen atoms in total. The molecule has 1 fully saturated rings. The largest absolute Gasteiger partial charge is 0.456 e. The summed E-state index contributed by atoms with van der Waals surface area (Å²) in [6, 6.07) is 0. The van der Waals surface area contributed by atoms with Gasteiger partial charge in [0.25, 0.3) is 0 Å². The van der Waals surface area contributed by atoms with Gasteiger partial charge in [0, 0.05) is 20.8 Å². The molecule has 0 amide bonds. The summed E-state index contributed by atoms with van der Waals surface area (Å²) in [5.74, 6) is -1.90.